The van der Waals surface area contributed by atoms with Gasteiger partial charge in [0.05, 0.1) is 9.37 Å². The van der Waals surface area contributed by atoms with Gasteiger partial charge >= 0.3 is 0 Å². The van der Waals surface area contributed by atoms with Crippen LogP contribution < -0.4 is 5.73 Å². The van der Waals surface area contributed by atoms with Crippen molar-refractivity contribution < 1.29 is 12.8 Å². The van der Waals surface area contributed by atoms with Gasteiger partial charge in [-0.2, -0.15) is 4.31 Å². The van der Waals surface area contributed by atoms with E-state index in [2.05, 4.69) is 15.9 Å². The summed E-state index contributed by atoms with van der Waals surface area (Å²) >= 11 is 2.98. The van der Waals surface area contributed by atoms with Gasteiger partial charge in [-0.1, -0.05) is 0 Å². The van der Waals surface area contributed by atoms with E-state index < -0.39 is 15.8 Å². The van der Waals surface area contributed by atoms with Crippen LogP contribution in [0.25, 0.3) is 0 Å². The molecule has 1 aliphatic rings. The Morgan fingerprint density at radius 1 is 1.44 bits per heavy atom. The first-order valence-corrected chi connectivity index (χ1v) is 7.35. The van der Waals surface area contributed by atoms with Gasteiger partial charge in [0.25, 0.3) is 0 Å². The molecular formula is C10H13BrClFN2O2S. The highest BCUT2D eigenvalue weighted by atomic mass is 79.9. The Kier molecular flexibility index (Phi) is 5.13. The molecule has 8 heteroatoms. The lowest BCUT2D eigenvalue weighted by Gasteiger charge is -2.16. The summed E-state index contributed by atoms with van der Waals surface area (Å²) in [6.07, 6.45) is 0.654. The van der Waals surface area contributed by atoms with Gasteiger partial charge in [-0.25, -0.2) is 12.8 Å². The first-order valence-electron chi connectivity index (χ1n) is 5.12. The van der Waals surface area contributed by atoms with Gasteiger partial charge in [0.1, 0.15) is 5.82 Å². The van der Waals surface area contributed by atoms with Crippen molar-refractivity contribution in [2.45, 2.75) is 17.4 Å². The Morgan fingerprint density at radius 3 is 2.61 bits per heavy atom. The third kappa shape index (κ3) is 3.03. The zero-order chi connectivity index (χ0) is 12.6. The Balaban J connectivity index is 0.00000162. The zero-order valence-corrected chi connectivity index (χ0v) is 12.6. The fourth-order valence-electron chi connectivity index (χ4n) is 1.76. The summed E-state index contributed by atoms with van der Waals surface area (Å²) in [4.78, 5) is 0.0832. The first-order chi connectivity index (χ1) is 7.91. The normalized spacial score (nSPS) is 20.7. The molecule has 0 unspecified atom stereocenters. The Morgan fingerprint density at radius 2 is 2.11 bits per heavy atom. The molecule has 1 aromatic carbocycles. The van der Waals surface area contributed by atoms with Gasteiger partial charge in [-0.3, -0.25) is 0 Å². The number of benzene rings is 1. The van der Waals surface area contributed by atoms with Gasteiger partial charge in [0.2, 0.25) is 10.0 Å². The van der Waals surface area contributed by atoms with Crippen molar-refractivity contribution >= 4 is 38.4 Å². The lowest BCUT2D eigenvalue weighted by Crippen LogP contribution is -2.32. The predicted octanol–water partition coefficient (Wildman–Crippen LogP) is 1.73. The van der Waals surface area contributed by atoms with E-state index in [4.69, 9.17) is 5.73 Å². The van der Waals surface area contributed by atoms with Crippen LogP contribution in [0.1, 0.15) is 6.42 Å². The smallest absolute Gasteiger partial charge is 0.243 e. The maximum Gasteiger partial charge on any atom is 0.243 e. The number of rotatable bonds is 2. The summed E-state index contributed by atoms with van der Waals surface area (Å²) in [6.45, 7) is 0.732. The van der Waals surface area contributed by atoms with Crippen LogP contribution in [0.5, 0.6) is 0 Å². The average Bonchev–Trinajstić information content (AvgIpc) is 2.69. The lowest BCUT2D eigenvalue weighted by atomic mass is 10.3. The molecule has 4 nitrogen and oxygen atoms in total. The zero-order valence-electron chi connectivity index (χ0n) is 9.34. The number of hydrogen-bond acceptors (Lipinski definition) is 3. The fraction of sp³-hybridized carbons (Fsp3) is 0.400. The van der Waals surface area contributed by atoms with Crippen LogP contribution in [0.15, 0.2) is 27.6 Å². The molecule has 1 aliphatic heterocycles. The molecule has 0 radical (unpaired) electrons. The van der Waals surface area contributed by atoms with Gasteiger partial charge < -0.3 is 5.73 Å². The molecule has 1 saturated heterocycles. The molecule has 102 valence electrons. The van der Waals surface area contributed by atoms with Crippen molar-refractivity contribution in [1.82, 2.24) is 4.31 Å². The van der Waals surface area contributed by atoms with Crippen LogP contribution in [-0.4, -0.2) is 31.9 Å². The van der Waals surface area contributed by atoms with E-state index in [0.717, 1.165) is 6.07 Å². The van der Waals surface area contributed by atoms with Crippen LogP contribution in [0.4, 0.5) is 4.39 Å². The van der Waals surface area contributed by atoms with Crippen LogP contribution in [-0.2, 0) is 10.0 Å². The van der Waals surface area contributed by atoms with Gasteiger partial charge in [0.15, 0.2) is 0 Å². The van der Waals surface area contributed by atoms with Crippen molar-refractivity contribution in [1.29, 1.82) is 0 Å². The Hall–Kier alpha value is -0.210. The molecule has 18 heavy (non-hydrogen) atoms. The van der Waals surface area contributed by atoms with E-state index in [1.807, 2.05) is 0 Å². The minimum absolute atomic E-state index is 0. The molecule has 2 N–H and O–H groups in total. The van der Waals surface area contributed by atoms with Gasteiger partial charge in [-0.15, -0.1) is 12.4 Å². The van der Waals surface area contributed by atoms with Crippen LogP contribution >= 0.6 is 28.3 Å². The molecule has 1 atom stereocenters. The van der Waals surface area contributed by atoms with Crippen LogP contribution in [0.2, 0.25) is 0 Å². The highest BCUT2D eigenvalue weighted by Crippen LogP contribution is 2.24. The summed E-state index contributed by atoms with van der Waals surface area (Å²) in [6, 6.07) is 3.55. The number of sulfonamides is 1. The number of hydrogen-bond donors (Lipinski definition) is 1. The van der Waals surface area contributed by atoms with Crippen molar-refractivity contribution in [2.24, 2.45) is 5.73 Å². The summed E-state index contributed by atoms with van der Waals surface area (Å²) in [5.41, 5.74) is 5.68. The molecule has 2 rings (SSSR count). The molecule has 0 aromatic heterocycles. The number of nitrogens with two attached hydrogens (primary N) is 1. The standard InChI is InChI=1S/C10H12BrFN2O2S.ClH/c11-9-5-8(1-2-10(9)12)17(15,16)14-4-3-7(13)6-14;/h1-2,5,7H,3-4,6,13H2;1H/t7-;/m1./s1. The second-order valence-electron chi connectivity index (χ2n) is 3.99. The van der Waals surface area contributed by atoms with E-state index in [-0.39, 0.29) is 27.8 Å². The Labute approximate surface area is 120 Å². The molecule has 0 amide bonds. The topological polar surface area (TPSA) is 63.4 Å². The fourth-order valence-corrected chi connectivity index (χ4v) is 3.83. The lowest BCUT2D eigenvalue weighted by molar-refractivity contribution is 0.472. The molecule has 0 saturated carbocycles. The predicted molar refractivity (Wildman–Crippen MR) is 72.7 cm³/mol. The second-order valence-corrected chi connectivity index (χ2v) is 6.78. The third-order valence-corrected chi connectivity index (χ3v) is 5.19. The summed E-state index contributed by atoms with van der Waals surface area (Å²) in [5.74, 6) is -0.484. The van der Waals surface area contributed by atoms with E-state index in [1.165, 1.54) is 16.4 Å². The van der Waals surface area contributed by atoms with E-state index in [1.54, 1.807) is 0 Å². The summed E-state index contributed by atoms with van der Waals surface area (Å²) in [5, 5.41) is 0. The van der Waals surface area contributed by atoms with E-state index in [0.29, 0.717) is 19.5 Å². The van der Waals surface area contributed by atoms with Gasteiger partial charge in [-0.05, 0) is 40.5 Å². The van der Waals surface area contributed by atoms with Gasteiger partial charge in [0, 0.05) is 19.1 Å². The molecular weight excluding hydrogens is 347 g/mol. The first kappa shape index (κ1) is 15.8. The number of halogens is 3. The minimum Gasteiger partial charge on any atom is -0.326 e. The molecule has 0 bridgehead atoms. The van der Waals surface area contributed by atoms with Crippen molar-refractivity contribution in [3.8, 4) is 0 Å². The minimum atomic E-state index is -3.55. The third-order valence-electron chi connectivity index (χ3n) is 2.72. The highest BCUT2D eigenvalue weighted by Gasteiger charge is 2.31. The highest BCUT2D eigenvalue weighted by molar-refractivity contribution is 9.10. The summed E-state index contributed by atoms with van der Waals surface area (Å²) < 4.78 is 38.9. The maximum atomic E-state index is 13.1. The summed E-state index contributed by atoms with van der Waals surface area (Å²) in [7, 11) is -3.55. The van der Waals surface area contributed by atoms with Crippen molar-refractivity contribution in [2.75, 3.05) is 13.1 Å². The molecule has 1 heterocycles. The molecule has 0 spiro atoms. The molecule has 1 aromatic rings. The van der Waals surface area contributed by atoms with E-state index >= 15 is 0 Å². The SMILES string of the molecule is Cl.N[C@@H]1CCN(S(=O)(=O)c2ccc(F)c(Br)c2)C1. The maximum absolute atomic E-state index is 13.1. The largest absolute Gasteiger partial charge is 0.326 e. The van der Waals surface area contributed by atoms with Crippen LogP contribution in [0, 0.1) is 5.82 Å². The molecule has 1 fully saturated rings. The van der Waals surface area contributed by atoms with Crippen LogP contribution in [0.3, 0.4) is 0 Å². The Bertz CT molecular complexity index is 541. The van der Waals surface area contributed by atoms with Crippen molar-refractivity contribution in [3.63, 3.8) is 0 Å². The number of nitrogens with zero attached hydrogens (tertiary/aromatic N) is 1. The van der Waals surface area contributed by atoms with E-state index in [9.17, 15) is 12.8 Å². The average molecular weight is 360 g/mol. The molecule has 0 aliphatic carbocycles. The quantitative estimate of drug-likeness (QED) is 0.875. The van der Waals surface area contributed by atoms with Crippen molar-refractivity contribution in [3.05, 3.63) is 28.5 Å². The second kappa shape index (κ2) is 5.83. The monoisotopic (exact) mass is 358 g/mol.